The van der Waals surface area contributed by atoms with Gasteiger partial charge in [-0.25, -0.2) is 4.79 Å². The number of nitrogens with zero attached hydrogens (tertiary/aromatic N) is 2. The van der Waals surface area contributed by atoms with Crippen LogP contribution in [-0.2, 0) is 4.74 Å². The van der Waals surface area contributed by atoms with E-state index in [1.54, 1.807) is 0 Å². The standard InChI is InChI=1S/C22H27F3N2O3/c1-13(27-14(2)20(21(28)29)18-5-3-4-6-19(18)27)15-7-9-16(10-8-15)26-11-17(12-26)30-22(23,24)25/h3-6,13,15-17H,7-12H2,1-2H3,(H,28,29)/t13-,15?,16?/m1/s1. The highest BCUT2D eigenvalue weighted by molar-refractivity contribution is 6.05. The van der Waals surface area contributed by atoms with Crippen LogP contribution in [0.1, 0.15) is 54.7 Å². The molecule has 8 heteroatoms. The normalized spacial score (nSPS) is 24.7. The zero-order valence-electron chi connectivity index (χ0n) is 17.2. The third kappa shape index (κ3) is 3.95. The summed E-state index contributed by atoms with van der Waals surface area (Å²) in [4.78, 5) is 13.9. The van der Waals surface area contributed by atoms with Gasteiger partial charge in [0.05, 0.1) is 11.7 Å². The Kier molecular flexibility index (Phi) is 5.57. The number of alkyl halides is 3. The number of rotatable bonds is 5. The Morgan fingerprint density at radius 3 is 2.40 bits per heavy atom. The van der Waals surface area contributed by atoms with Crippen molar-refractivity contribution < 1.29 is 27.8 Å². The van der Waals surface area contributed by atoms with Gasteiger partial charge in [-0.1, -0.05) is 18.2 Å². The molecule has 0 spiro atoms. The van der Waals surface area contributed by atoms with Crippen molar-refractivity contribution in [1.29, 1.82) is 0 Å². The van der Waals surface area contributed by atoms with Crippen LogP contribution in [-0.4, -0.2) is 52.1 Å². The van der Waals surface area contributed by atoms with Crippen molar-refractivity contribution in [3.05, 3.63) is 35.5 Å². The predicted octanol–water partition coefficient (Wildman–Crippen LogP) is 4.99. The molecular formula is C22H27F3N2O3. The molecular weight excluding hydrogens is 397 g/mol. The first-order chi connectivity index (χ1) is 14.2. The number of hydrogen-bond acceptors (Lipinski definition) is 3. The summed E-state index contributed by atoms with van der Waals surface area (Å²) in [6, 6.07) is 8.07. The number of fused-ring (bicyclic) bond motifs is 1. The lowest BCUT2D eigenvalue weighted by atomic mass is 9.80. The maximum atomic E-state index is 12.3. The molecule has 1 aliphatic carbocycles. The van der Waals surface area contributed by atoms with E-state index in [0.29, 0.717) is 30.6 Å². The Bertz CT molecular complexity index is 926. The molecule has 0 amide bonds. The summed E-state index contributed by atoms with van der Waals surface area (Å²) in [5.74, 6) is -0.507. The Labute approximate surface area is 173 Å². The molecule has 2 aromatic rings. The zero-order chi connectivity index (χ0) is 21.6. The average molecular weight is 424 g/mol. The highest BCUT2D eigenvalue weighted by Gasteiger charge is 2.42. The summed E-state index contributed by atoms with van der Waals surface area (Å²) in [5.41, 5.74) is 2.08. The smallest absolute Gasteiger partial charge is 0.478 e. The fourth-order valence-electron chi connectivity index (χ4n) is 5.38. The highest BCUT2D eigenvalue weighted by atomic mass is 19.4. The predicted molar refractivity (Wildman–Crippen MR) is 107 cm³/mol. The first-order valence-corrected chi connectivity index (χ1v) is 10.5. The Hall–Kier alpha value is -2.06. The molecule has 2 heterocycles. The van der Waals surface area contributed by atoms with Crippen LogP contribution in [0.25, 0.3) is 10.9 Å². The van der Waals surface area contributed by atoms with Gasteiger partial charge in [0.15, 0.2) is 0 Å². The SMILES string of the molecule is Cc1c(C(=O)O)c2ccccc2n1[C@H](C)C1CCC(N2CC(OC(F)(F)F)C2)CC1. The van der Waals surface area contributed by atoms with Crippen molar-refractivity contribution in [2.45, 2.75) is 64.1 Å². The van der Waals surface area contributed by atoms with E-state index in [-0.39, 0.29) is 6.04 Å². The van der Waals surface area contributed by atoms with Gasteiger partial charge < -0.3 is 9.67 Å². The van der Waals surface area contributed by atoms with Crippen LogP contribution in [0.5, 0.6) is 0 Å². The second kappa shape index (κ2) is 7.89. The number of likely N-dealkylation sites (tertiary alicyclic amines) is 1. The number of halogens is 3. The lowest BCUT2D eigenvalue weighted by molar-refractivity contribution is -0.356. The van der Waals surface area contributed by atoms with E-state index in [9.17, 15) is 23.1 Å². The van der Waals surface area contributed by atoms with E-state index in [1.807, 2.05) is 31.2 Å². The monoisotopic (exact) mass is 424 g/mol. The van der Waals surface area contributed by atoms with Crippen LogP contribution < -0.4 is 0 Å². The molecule has 5 nitrogen and oxygen atoms in total. The lowest BCUT2D eigenvalue weighted by Gasteiger charge is -2.46. The topological polar surface area (TPSA) is 54.7 Å². The van der Waals surface area contributed by atoms with Crippen LogP contribution in [0.2, 0.25) is 0 Å². The molecule has 164 valence electrons. The van der Waals surface area contributed by atoms with Gasteiger partial charge in [-0.2, -0.15) is 0 Å². The van der Waals surface area contributed by atoms with Crippen molar-refractivity contribution in [3.8, 4) is 0 Å². The van der Waals surface area contributed by atoms with Crippen LogP contribution >= 0.6 is 0 Å². The summed E-state index contributed by atoms with van der Waals surface area (Å²) in [6.07, 6.45) is -1.47. The van der Waals surface area contributed by atoms with Gasteiger partial charge in [0, 0.05) is 41.8 Å². The molecule has 2 aliphatic rings. The molecule has 0 unspecified atom stereocenters. The third-order valence-electron chi connectivity index (χ3n) is 6.89. The van der Waals surface area contributed by atoms with Gasteiger partial charge in [-0.15, -0.1) is 13.2 Å². The highest BCUT2D eigenvalue weighted by Crippen LogP contribution is 2.40. The molecule has 0 radical (unpaired) electrons. The van der Waals surface area contributed by atoms with Gasteiger partial charge in [-0.3, -0.25) is 9.64 Å². The molecule has 0 bridgehead atoms. The summed E-state index contributed by atoms with van der Waals surface area (Å²) in [7, 11) is 0. The summed E-state index contributed by atoms with van der Waals surface area (Å²) >= 11 is 0. The van der Waals surface area contributed by atoms with E-state index in [1.165, 1.54) is 0 Å². The van der Waals surface area contributed by atoms with Crippen molar-refractivity contribution >= 4 is 16.9 Å². The minimum absolute atomic E-state index is 0.154. The summed E-state index contributed by atoms with van der Waals surface area (Å²) < 4.78 is 43.2. The molecule has 1 atom stereocenters. The number of para-hydroxylation sites is 1. The number of benzene rings is 1. The van der Waals surface area contributed by atoms with Crippen molar-refractivity contribution in [2.75, 3.05) is 13.1 Å². The van der Waals surface area contributed by atoms with E-state index in [0.717, 1.165) is 42.3 Å². The molecule has 1 aromatic heterocycles. The van der Waals surface area contributed by atoms with Crippen molar-refractivity contribution in [2.24, 2.45) is 5.92 Å². The summed E-state index contributed by atoms with van der Waals surface area (Å²) in [5, 5.41) is 10.5. The van der Waals surface area contributed by atoms with E-state index < -0.39 is 18.4 Å². The maximum absolute atomic E-state index is 12.3. The number of aromatic nitrogens is 1. The van der Waals surface area contributed by atoms with Crippen molar-refractivity contribution in [3.63, 3.8) is 0 Å². The van der Waals surface area contributed by atoms with Crippen LogP contribution in [0.4, 0.5) is 13.2 Å². The number of aromatic carboxylic acids is 1. The second-order valence-corrected chi connectivity index (χ2v) is 8.60. The molecule has 2 fully saturated rings. The molecule has 1 saturated carbocycles. The molecule has 1 N–H and O–H groups in total. The maximum Gasteiger partial charge on any atom is 0.522 e. The van der Waals surface area contributed by atoms with E-state index >= 15 is 0 Å². The van der Waals surface area contributed by atoms with Crippen LogP contribution in [0.3, 0.4) is 0 Å². The third-order valence-corrected chi connectivity index (χ3v) is 6.89. The molecule has 4 rings (SSSR count). The largest absolute Gasteiger partial charge is 0.522 e. The second-order valence-electron chi connectivity index (χ2n) is 8.60. The average Bonchev–Trinajstić information content (AvgIpc) is 2.95. The van der Waals surface area contributed by atoms with Crippen molar-refractivity contribution in [1.82, 2.24) is 9.47 Å². The number of carboxylic acids is 1. The van der Waals surface area contributed by atoms with Gasteiger partial charge in [0.1, 0.15) is 0 Å². The van der Waals surface area contributed by atoms with E-state index in [2.05, 4.69) is 21.1 Å². The number of carboxylic acid groups (broad SMARTS) is 1. The van der Waals surface area contributed by atoms with Crippen LogP contribution in [0, 0.1) is 12.8 Å². The lowest BCUT2D eigenvalue weighted by Crippen LogP contribution is -2.58. The first-order valence-electron chi connectivity index (χ1n) is 10.5. The minimum Gasteiger partial charge on any atom is -0.478 e. The quantitative estimate of drug-likeness (QED) is 0.735. The molecule has 1 saturated heterocycles. The number of ether oxygens (including phenoxy) is 1. The van der Waals surface area contributed by atoms with Gasteiger partial charge >= 0.3 is 12.3 Å². The van der Waals surface area contributed by atoms with Gasteiger partial charge in [0.2, 0.25) is 0 Å². The first kappa shape index (κ1) is 21.2. The fraction of sp³-hybridized carbons (Fsp3) is 0.591. The summed E-state index contributed by atoms with van der Waals surface area (Å²) in [6.45, 7) is 4.70. The minimum atomic E-state index is -4.56. The molecule has 1 aliphatic heterocycles. The number of carbonyl (C=O) groups is 1. The van der Waals surface area contributed by atoms with Gasteiger partial charge in [0.25, 0.3) is 0 Å². The zero-order valence-corrected chi connectivity index (χ0v) is 17.2. The molecule has 1 aromatic carbocycles. The fourth-order valence-corrected chi connectivity index (χ4v) is 5.38. The molecule has 30 heavy (non-hydrogen) atoms. The number of hydrogen-bond donors (Lipinski definition) is 1. The van der Waals surface area contributed by atoms with Gasteiger partial charge in [-0.05, 0) is 51.5 Å². The van der Waals surface area contributed by atoms with Crippen LogP contribution in [0.15, 0.2) is 24.3 Å². The Morgan fingerprint density at radius 1 is 1.17 bits per heavy atom. The van der Waals surface area contributed by atoms with E-state index in [4.69, 9.17) is 0 Å². The Balaban J connectivity index is 1.42. The Morgan fingerprint density at radius 2 is 1.80 bits per heavy atom.